The summed E-state index contributed by atoms with van der Waals surface area (Å²) in [4.78, 5) is 24.2. The van der Waals surface area contributed by atoms with Crippen molar-refractivity contribution in [2.45, 2.75) is 10.7 Å². The first kappa shape index (κ1) is 23.7. The summed E-state index contributed by atoms with van der Waals surface area (Å²) in [5.41, 5.74) is 0.897. The Kier molecular flexibility index (Phi) is 6.04. The molecule has 1 aliphatic rings. The van der Waals surface area contributed by atoms with E-state index in [2.05, 4.69) is 20.3 Å². The number of amides is 1. The van der Waals surface area contributed by atoms with E-state index in [9.17, 15) is 26.4 Å². The number of benzene rings is 2. The van der Waals surface area contributed by atoms with E-state index in [4.69, 9.17) is 0 Å². The molecule has 0 saturated carbocycles. The van der Waals surface area contributed by atoms with E-state index < -0.39 is 32.2 Å². The van der Waals surface area contributed by atoms with Crippen molar-refractivity contribution in [3.05, 3.63) is 66.2 Å². The third-order valence-corrected chi connectivity index (χ3v) is 7.23. The topological polar surface area (TPSA) is 114 Å². The van der Waals surface area contributed by atoms with Crippen LogP contribution in [0.1, 0.15) is 10.4 Å². The highest BCUT2D eigenvalue weighted by Crippen LogP contribution is 2.26. The fraction of sp³-hybridized carbons (Fsp3) is 0.227. The number of carbonyl (C=O) groups is 1. The molecule has 186 valence electrons. The molecule has 0 spiro atoms. The summed E-state index contributed by atoms with van der Waals surface area (Å²) in [5.74, 6) is -4.26. The van der Waals surface area contributed by atoms with Crippen LogP contribution in [-0.2, 0) is 9.84 Å². The van der Waals surface area contributed by atoms with Crippen LogP contribution in [0.4, 0.5) is 19.0 Å². The summed E-state index contributed by atoms with van der Waals surface area (Å²) >= 11 is 0. The van der Waals surface area contributed by atoms with Crippen LogP contribution in [0.5, 0.6) is 0 Å². The molecule has 3 heterocycles. The Hall–Kier alpha value is -4.07. The molecular weight excluding hydrogens is 499 g/mol. The van der Waals surface area contributed by atoms with Crippen molar-refractivity contribution in [3.63, 3.8) is 0 Å². The number of halogens is 3. The number of hydrogen-bond donors (Lipinski definition) is 0. The van der Waals surface area contributed by atoms with Crippen LogP contribution in [-0.4, -0.2) is 76.1 Å². The third-order valence-electron chi connectivity index (χ3n) is 5.80. The molecule has 0 radical (unpaired) electrons. The molecule has 5 rings (SSSR count). The third kappa shape index (κ3) is 4.12. The zero-order valence-electron chi connectivity index (χ0n) is 18.5. The molecule has 10 nitrogen and oxygen atoms in total. The maximum atomic E-state index is 13.7. The van der Waals surface area contributed by atoms with Gasteiger partial charge in [-0.1, -0.05) is 23.4 Å². The number of nitrogens with zero attached hydrogens (tertiary/aromatic N) is 7. The van der Waals surface area contributed by atoms with Gasteiger partial charge in [0.25, 0.3) is 5.91 Å². The lowest BCUT2D eigenvalue weighted by Crippen LogP contribution is -2.49. The van der Waals surface area contributed by atoms with Gasteiger partial charge in [-0.25, -0.2) is 22.8 Å². The molecule has 0 aliphatic carbocycles. The SMILES string of the molecule is O=C(c1ccccc1S(=O)(=O)C(F)F)N1CCN(c2ncnc3c2nnn3-c2cccc(F)c2)CC1. The lowest BCUT2D eigenvalue weighted by atomic mass is 10.2. The van der Waals surface area contributed by atoms with Crippen LogP contribution in [0.15, 0.2) is 59.8 Å². The predicted molar refractivity (Wildman–Crippen MR) is 122 cm³/mol. The minimum Gasteiger partial charge on any atom is -0.351 e. The summed E-state index contributed by atoms with van der Waals surface area (Å²) in [6.45, 7) is 1.000. The first-order valence-corrected chi connectivity index (χ1v) is 12.3. The first-order chi connectivity index (χ1) is 17.3. The van der Waals surface area contributed by atoms with Crippen LogP contribution < -0.4 is 4.90 Å². The van der Waals surface area contributed by atoms with Crippen molar-refractivity contribution in [1.29, 1.82) is 0 Å². The number of piperazine rings is 1. The van der Waals surface area contributed by atoms with Gasteiger partial charge < -0.3 is 9.80 Å². The average molecular weight is 517 g/mol. The Morgan fingerprint density at radius 3 is 2.44 bits per heavy atom. The van der Waals surface area contributed by atoms with E-state index in [-0.39, 0.29) is 18.7 Å². The van der Waals surface area contributed by atoms with E-state index in [1.807, 2.05) is 4.90 Å². The van der Waals surface area contributed by atoms with Crippen LogP contribution in [0.3, 0.4) is 0 Å². The predicted octanol–water partition coefficient (Wildman–Crippen LogP) is 2.31. The number of anilines is 1. The standard InChI is InChI=1S/C22H18F3N7O3S/c23-14-4-3-5-15(12-14)32-20-18(28-29-32)19(26-13-27-20)30-8-10-31(11-9-30)21(33)16-6-1-2-7-17(16)36(34,35)22(24)25/h1-7,12-13,22H,8-11H2. The van der Waals surface area contributed by atoms with Gasteiger partial charge in [-0.15, -0.1) is 5.10 Å². The molecule has 0 atom stereocenters. The van der Waals surface area contributed by atoms with Gasteiger partial charge in [0, 0.05) is 26.2 Å². The van der Waals surface area contributed by atoms with Crippen molar-refractivity contribution in [3.8, 4) is 5.69 Å². The summed E-state index contributed by atoms with van der Waals surface area (Å²) in [5, 5.41) is 8.24. The van der Waals surface area contributed by atoms with Crippen LogP contribution in [0.25, 0.3) is 16.9 Å². The fourth-order valence-corrected chi connectivity index (χ4v) is 4.95. The van der Waals surface area contributed by atoms with Crippen molar-refractivity contribution in [2.24, 2.45) is 0 Å². The monoisotopic (exact) mass is 517 g/mol. The minimum absolute atomic E-state index is 0.186. The number of fused-ring (bicyclic) bond motifs is 1. The number of alkyl halides is 2. The smallest absolute Gasteiger partial charge is 0.341 e. The molecule has 0 bridgehead atoms. The summed E-state index contributed by atoms with van der Waals surface area (Å²) in [7, 11) is -4.94. The zero-order valence-corrected chi connectivity index (χ0v) is 19.3. The fourth-order valence-electron chi connectivity index (χ4n) is 4.03. The molecule has 36 heavy (non-hydrogen) atoms. The maximum absolute atomic E-state index is 13.7. The lowest BCUT2D eigenvalue weighted by molar-refractivity contribution is 0.0742. The summed E-state index contributed by atoms with van der Waals surface area (Å²) in [6, 6.07) is 10.8. The van der Waals surface area contributed by atoms with Gasteiger partial charge >= 0.3 is 5.76 Å². The van der Waals surface area contributed by atoms with Crippen LogP contribution >= 0.6 is 0 Å². The normalized spacial score (nSPS) is 14.6. The molecule has 2 aromatic carbocycles. The molecule has 2 aromatic heterocycles. The quantitative estimate of drug-likeness (QED) is 0.396. The number of aromatic nitrogens is 5. The summed E-state index contributed by atoms with van der Waals surface area (Å²) in [6.07, 6.45) is 1.33. The lowest BCUT2D eigenvalue weighted by Gasteiger charge is -2.35. The van der Waals surface area contributed by atoms with Crippen molar-refractivity contribution >= 4 is 32.7 Å². The van der Waals surface area contributed by atoms with Crippen LogP contribution in [0, 0.1) is 5.82 Å². The van der Waals surface area contributed by atoms with Crippen LogP contribution in [0.2, 0.25) is 0 Å². The van der Waals surface area contributed by atoms with E-state index in [1.165, 1.54) is 46.2 Å². The number of carbonyl (C=O) groups excluding carboxylic acids is 1. The Morgan fingerprint density at radius 2 is 1.72 bits per heavy atom. The van der Waals surface area contributed by atoms with Gasteiger partial charge in [-0.05, 0) is 30.3 Å². The Balaban J connectivity index is 1.37. The maximum Gasteiger partial charge on any atom is 0.341 e. The number of hydrogen-bond acceptors (Lipinski definition) is 8. The summed E-state index contributed by atoms with van der Waals surface area (Å²) < 4.78 is 65.4. The van der Waals surface area contributed by atoms with E-state index in [1.54, 1.807) is 12.1 Å². The van der Waals surface area contributed by atoms with Gasteiger partial charge in [0.15, 0.2) is 17.0 Å². The van der Waals surface area contributed by atoms with E-state index in [0.717, 1.165) is 6.07 Å². The molecule has 0 unspecified atom stereocenters. The molecule has 14 heteroatoms. The largest absolute Gasteiger partial charge is 0.351 e. The molecule has 1 fully saturated rings. The van der Waals surface area contributed by atoms with Crippen molar-refractivity contribution < 1.29 is 26.4 Å². The van der Waals surface area contributed by atoms with Crippen molar-refractivity contribution in [2.75, 3.05) is 31.1 Å². The van der Waals surface area contributed by atoms with E-state index >= 15 is 0 Å². The Labute approximate surface area is 202 Å². The zero-order chi connectivity index (χ0) is 25.4. The number of rotatable bonds is 5. The average Bonchev–Trinajstić information content (AvgIpc) is 3.33. The second-order valence-electron chi connectivity index (χ2n) is 7.93. The first-order valence-electron chi connectivity index (χ1n) is 10.7. The van der Waals surface area contributed by atoms with Crippen molar-refractivity contribution in [1.82, 2.24) is 29.9 Å². The second kappa shape index (κ2) is 9.18. The molecular formula is C22H18F3N7O3S. The van der Waals surface area contributed by atoms with E-state index in [0.29, 0.717) is 35.8 Å². The van der Waals surface area contributed by atoms with Gasteiger partial charge in [-0.2, -0.15) is 13.5 Å². The molecule has 1 amide bonds. The molecule has 4 aromatic rings. The minimum atomic E-state index is -4.94. The molecule has 1 aliphatic heterocycles. The highest BCUT2D eigenvalue weighted by Gasteiger charge is 2.33. The second-order valence-corrected chi connectivity index (χ2v) is 9.82. The van der Waals surface area contributed by atoms with Gasteiger partial charge in [0.1, 0.15) is 12.1 Å². The van der Waals surface area contributed by atoms with Gasteiger partial charge in [0.05, 0.1) is 16.1 Å². The van der Waals surface area contributed by atoms with Gasteiger partial charge in [0.2, 0.25) is 9.84 Å². The highest BCUT2D eigenvalue weighted by molar-refractivity contribution is 7.91. The molecule has 1 saturated heterocycles. The number of sulfone groups is 1. The highest BCUT2D eigenvalue weighted by atomic mass is 32.2. The Bertz CT molecular complexity index is 1550. The Morgan fingerprint density at radius 1 is 0.972 bits per heavy atom. The molecule has 0 N–H and O–H groups in total. The van der Waals surface area contributed by atoms with Gasteiger partial charge in [-0.3, -0.25) is 4.79 Å².